The van der Waals surface area contributed by atoms with Gasteiger partial charge < -0.3 is 14.7 Å². The summed E-state index contributed by atoms with van der Waals surface area (Å²) in [7, 11) is 0. The normalized spacial score (nSPS) is 22.0. The molecule has 3 heterocycles. The third-order valence-electron chi connectivity index (χ3n) is 7.12. The summed E-state index contributed by atoms with van der Waals surface area (Å²) < 4.78 is 5.53. The lowest BCUT2D eigenvalue weighted by Gasteiger charge is -2.37. The van der Waals surface area contributed by atoms with Gasteiger partial charge in [-0.15, -0.1) is 0 Å². The highest BCUT2D eigenvalue weighted by molar-refractivity contribution is 7.17. The van der Waals surface area contributed by atoms with E-state index in [-0.39, 0.29) is 29.5 Å². The Hall–Kier alpha value is -3.72. The number of aromatic nitrogens is 1. The number of benzene rings is 2. The Morgan fingerprint density at radius 1 is 1.09 bits per heavy atom. The van der Waals surface area contributed by atoms with Gasteiger partial charge in [0.25, 0.3) is 5.91 Å². The van der Waals surface area contributed by atoms with E-state index in [9.17, 15) is 19.5 Å². The second-order valence-electron chi connectivity index (χ2n) is 9.01. The summed E-state index contributed by atoms with van der Waals surface area (Å²) in [6.45, 7) is 0.617. The summed E-state index contributed by atoms with van der Waals surface area (Å²) in [5.74, 6) is -1.14. The monoisotopic (exact) mass is 475 g/mol. The maximum atomic E-state index is 12.9. The third kappa shape index (κ3) is 3.11. The summed E-state index contributed by atoms with van der Waals surface area (Å²) in [4.78, 5) is 43.0. The Morgan fingerprint density at radius 3 is 2.38 bits per heavy atom. The number of aliphatic carboxylic acids is 1. The van der Waals surface area contributed by atoms with Crippen LogP contribution in [0, 0.1) is 5.92 Å². The number of nitrogens with one attached hydrogen (secondary N) is 1. The lowest BCUT2D eigenvalue weighted by molar-refractivity contribution is -0.151. The van der Waals surface area contributed by atoms with Crippen LogP contribution in [0.25, 0.3) is 11.1 Å². The van der Waals surface area contributed by atoms with Crippen LogP contribution in [0.2, 0.25) is 0 Å². The standard InChI is InChI=1S/C25H21N3O5S/c29-21(28-12-14-9-25(28,10-14)22(30)31)20-11-26-23(34-20)27-24(32)33-13-19-17-7-3-1-5-15(17)16-6-2-4-8-18(16)19/h1-8,11,14,19H,9-10,12-13H2,(H,30,31)(H,26,27,32). The SMILES string of the molecule is O=C(Nc1ncc(C(=O)N2CC3CC2(C(=O)O)C3)s1)OCC1c2ccccc2-c2ccccc21. The second-order valence-corrected chi connectivity index (χ2v) is 10.0. The van der Waals surface area contributed by atoms with E-state index in [2.05, 4.69) is 22.4 Å². The minimum atomic E-state index is -1.09. The van der Waals surface area contributed by atoms with Gasteiger partial charge in [0, 0.05) is 12.5 Å². The number of ether oxygens (including phenoxy) is 1. The molecule has 0 atom stereocenters. The van der Waals surface area contributed by atoms with Crippen molar-refractivity contribution in [1.82, 2.24) is 9.88 Å². The Morgan fingerprint density at radius 2 is 1.74 bits per heavy atom. The molecule has 4 aliphatic rings. The molecule has 2 bridgehead atoms. The molecule has 3 aromatic rings. The number of amides is 2. The average Bonchev–Trinajstić information content (AvgIpc) is 3.57. The summed E-state index contributed by atoms with van der Waals surface area (Å²) in [5.41, 5.74) is 3.44. The number of hydrogen-bond acceptors (Lipinski definition) is 6. The van der Waals surface area contributed by atoms with Crippen molar-refractivity contribution in [2.24, 2.45) is 5.92 Å². The first kappa shape index (κ1) is 20.9. The predicted molar refractivity (Wildman–Crippen MR) is 125 cm³/mol. The number of rotatable bonds is 5. The van der Waals surface area contributed by atoms with Crippen molar-refractivity contribution in [3.8, 4) is 11.1 Å². The molecule has 2 amide bonds. The quantitative estimate of drug-likeness (QED) is 0.573. The van der Waals surface area contributed by atoms with Gasteiger partial charge in [0.15, 0.2) is 5.13 Å². The molecule has 0 radical (unpaired) electrons. The Labute approximate surface area is 199 Å². The second kappa shape index (κ2) is 7.66. The minimum Gasteiger partial charge on any atom is -0.479 e. The van der Waals surface area contributed by atoms with E-state index in [0.29, 0.717) is 24.3 Å². The van der Waals surface area contributed by atoms with Crippen LogP contribution in [0.3, 0.4) is 0 Å². The zero-order valence-corrected chi connectivity index (χ0v) is 18.9. The predicted octanol–water partition coefficient (Wildman–Crippen LogP) is 4.19. The van der Waals surface area contributed by atoms with Gasteiger partial charge in [0.2, 0.25) is 0 Å². The maximum absolute atomic E-state index is 12.9. The first-order chi connectivity index (χ1) is 16.5. The number of fused-ring (bicyclic) bond motifs is 4. The Kier molecular flexibility index (Phi) is 4.70. The number of nitrogens with zero attached hydrogens (tertiary/aromatic N) is 2. The average molecular weight is 476 g/mol. The highest BCUT2D eigenvalue weighted by atomic mass is 32.1. The molecule has 1 saturated carbocycles. The number of carboxylic acid groups (broad SMARTS) is 1. The van der Waals surface area contributed by atoms with E-state index in [1.165, 1.54) is 11.1 Å². The maximum Gasteiger partial charge on any atom is 0.413 e. The van der Waals surface area contributed by atoms with Crippen LogP contribution >= 0.6 is 11.3 Å². The van der Waals surface area contributed by atoms with Crippen LogP contribution in [-0.2, 0) is 9.53 Å². The molecule has 0 unspecified atom stereocenters. The fourth-order valence-electron chi connectivity index (χ4n) is 5.53. The van der Waals surface area contributed by atoms with Crippen LogP contribution in [0.5, 0.6) is 0 Å². The minimum absolute atomic E-state index is 0.0551. The first-order valence-corrected chi connectivity index (χ1v) is 11.9. The summed E-state index contributed by atoms with van der Waals surface area (Å²) in [6.07, 6.45) is 1.72. The number of thiazole rings is 1. The van der Waals surface area contributed by atoms with Gasteiger partial charge in [-0.1, -0.05) is 59.9 Å². The molecule has 172 valence electrons. The molecular weight excluding hydrogens is 454 g/mol. The molecule has 2 aromatic carbocycles. The molecule has 9 heteroatoms. The topological polar surface area (TPSA) is 109 Å². The first-order valence-electron chi connectivity index (χ1n) is 11.1. The number of carboxylic acids is 1. The van der Waals surface area contributed by atoms with Crippen molar-refractivity contribution < 1.29 is 24.2 Å². The van der Waals surface area contributed by atoms with E-state index in [1.807, 2.05) is 36.4 Å². The number of hydrogen-bond donors (Lipinski definition) is 2. The summed E-state index contributed by atoms with van der Waals surface area (Å²) in [5, 5.41) is 12.4. The van der Waals surface area contributed by atoms with Crippen molar-refractivity contribution in [2.45, 2.75) is 24.3 Å². The van der Waals surface area contributed by atoms with E-state index >= 15 is 0 Å². The fraction of sp³-hybridized carbons (Fsp3) is 0.280. The summed E-state index contributed by atoms with van der Waals surface area (Å²) in [6, 6.07) is 16.2. The zero-order valence-electron chi connectivity index (χ0n) is 18.1. The van der Waals surface area contributed by atoms with Gasteiger partial charge in [0.05, 0.1) is 6.20 Å². The lowest BCUT2D eigenvalue weighted by Crippen LogP contribution is -2.54. The van der Waals surface area contributed by atoms with Gasteiger partial charge in [-0.2, -0.15) is 0 Å². The Bertz CT molecular complexity index is 1280. The van der Waals surface area contributed by atoms with E-state index in [1.54, 1.807) is 0 Å². The largest absolute Gasteiger partial charge is 0.479 e. The van der Waals surface area contributed by atoms with Gasteiger partial charge >= 0.3 is 12.1 Å². The lowest BCUT2D eigenvalue weighted by atomic mass is 9.73. The smallest absolute Gasteiger partial charge is 0.413 e. The molecular formula is C25H21N3O5S. The molecule has 2 N–H and O–H groups in total. The van der Waals surface area contributed by atoms with Crippen LogP contribution in [-0.4, -0.2) is 51.7 Å². The van der Waals surface area contributed by atoms with Crippen LogP contribution < -0.4 is 5.32 Å². The zero-order chi connectivity index (χ0) is 23.4. The van der Waals surface area contributed by atoms with Gasteiger partial charge in [0.1, 0.15) is 17.0 Å². The number of carbonyl (C=O) groups excluding carboxylic acids is 2. The molecule has 2 aliphatic heterocycles. The molecule has 2 saturated heterocycles. The number of anilines is 1. The highest BCUT2D eigenvalue weighted by Gasteiger charge is 2.63. The third-order valence-corrected chi connectivity index (χ3v) is 8.02. The molecule has 7 rings (SSSR count). The Balaban J connectivity index is 1.11. The van der Waals surface area contributed by atoms with Gasteiger partial charge in [-0.05, 0) is 41.0 Å². The van der Waals surface area contributed by atoms with Crippen molar-refractivity contribution in [3.63, 3.8) is 0 Å². The van der Waals surface area contributed by atoms with Crippen LogP contribution in [0.1, 0.15) is 39.6 Å². The fourth-order valence-corrected chi connectivity index (χ4v) is 6.28. The number of carbonyl (C=O) groups is 3. The van der Waals surface area contributed by atoms with Crippen molar-refractivity contribution >= 4 is 34.4 Å². The molecule has 0 spiro atoms. The van der Waals surface area contributed by atoms with Crippen LogP contribution in [0.4, 0.5) is 9.93 Å². The molecule has 34 heavy (non-hydrogen) atoms. The summed E-state index contributed by atoms with van der Waals surface area (Å²) >= 11 is 1.02. The molecule has 8 nitrogen and oxygen atoms in total. The van der Waals surface area contributed by atoms with Gasteiger partial charge in [-0.3, -0.25) is 10.1 Å². The molecule has 3 fully saturated rings. The van der Waals surface area contributed by atoms with E-state index < -0.39 is 17.6 Å². The van der Waals surface area contributed by atoms with E-state index in [4.69, 9.17) is 4.74 Å². The van der Waals surface area contributed by atoms with Gasteiger partial charge in [-0.25, -0.2) is 14.6 Å². The van der Waals surface area contributed by atoms with E-state index in [0.717, 1.165) is 33.6 Å². The van der Waals surface area contributed by atoms with Crippen molar-refractivity contribution in [3.05, 3.63) is 70.7 Å². The van der Waals surface area contributed by atoms with Crippen molar-refractivity contribution in [1.29, 1.82) is 0 Å². The van der Waals surface area contributed by atoms with Crippen molar-refractivity contribution in [2.75, 3.05) is 18.5 Å². The highest BCUT2D eigenvalue weighted by Crippen LogP contribution is 2.51. The molecule has 1 aromatic heterocycles. The van der Waals surface area contributed by atoms with Crippen LogP contribution in [0.15, 0.2) is 54.7 Å². The molecule has 2 aliphatic carbocycles.